The first-order chi connectivity index (χ1) is 8.37. The molecule has 0 saturated carbocycles. The van der Waals surface area contributed by atoms with E-state index in [1.54, 1.807) is 43.6 Å². The van der Waals surface area contributed by atoms with Crippen LogP contribution in [-0.2, 0) is 9.53 Å². The predicted molar refractivity (Wildman–Crippen MR) is 65.8 cm³/mol. The van der Waals surface area contributed by atoms with Crippen molar-refractivity contribution in [3.8, 4) is 0 Å². The van der Waals surface area contributed by atoms with E-state index in [2.05, 4.69) is 10.1 Å². The lowest BCUT2D eigenvalue weighted by atomic mass is 10.1. The minimum absolute atomic E-state index is 0.452. The summed E-state index contributed by atoms with van der Waals surface area (Å²) in [4.78, 5) is 15.9. The fourth-order valence-corrected chi connectivity index (χ4v) is 1.53. The monoisotopic (exact) mass is 248 g/mol. The number of rotatable bonds is 2. The molecule has 0 aliphatic heterocycles. The molecule has 6 heteroatoms. The first-order valence-corrected chi connectivity index (χ1v) is 5.64. The molecule has 2 rings (SSSR count). The summed E-state index contributed by atoms with van der Waals surface area (Å²) in [5.41, 5.74) is 6.63. The largest absolute Gasteiger partial charge is 0.459 e. The second-order valence-corrected chi connectivity index (χ2v) is 5.03. The van der Waals surface area contributed by atoms with Gasteiger partial charge in [0, 0.05) is 6.20 Å². The Bertz CT molecular complexity index is 571. The van der Waals surface area contributed by atoms with Crippen molar-refractivity contribution in [2.24, 2.45) is 5.73 Å². The van der Waals surface area contributed by atoms with Crippen LogP contribution in [0.1, 0.15) is 32.4 Å². The molecule has 0 aliphatic rings. The standard InChI is InChI=1S/C12H16N4O2/c1-12(2,3)18-11(17)10(13)8-4-5-16-9(6-8)14-7-15-16/h4-7,10H,13H2,1-3H3. The van der Waals surface area contributed by atoms with Gasteiger partial charge in [-0.05, 0) is 38.5 Å². The van der Waals surface area contributed by atoms with Crippen molar-refractivity contribution in [2.45, 2.75) is 32.4 Å². The Kier molecular flexibility index (Phi) is 3.04. The van der Waals surface area contributed by atoms with Crippen molar-refractivity contribution in [3.05, 3.63) is 30.2 Å². The van der Waals surface area contributed by atoms with Gasteiger partial charge in [-0.3, -0.25) is 0 Å². The number of hydrogen-bond acceptors (Lipinski definition) is 5. The third-order valence-electron chi connectivity index (χ3n) is 2.32. The minimum atomic E-state index is -0.814. The second-order valence-electron chi connectivity index (χ2n) is 5.03. The molecule has 1 atom stereocenters. The smallest absolute Gasteiger partial charge is 0.328 e. The highest BCUT2D eigenvalue weighted by molar-refractivity contribution is 5.78. The zero-order valence-electron chi connectivity index (χ0n) is 10.6. The summed E-state index contributed by atoms with van der Waals surface area (Å²) < 4.78 is 6.84. The summed E-state index contributed by atoms with van der Waals surface area (Å²) in [6, 6.07) is 2.64. The summed E-state index contributed by atoms with van der Waals surface area (Å²) in [6.07, 6.45) is 3.15. The van der Waals surface area contributed by atoms with Gasteiger partial charge in [-0.15, -0.1) is 0 Å². The summed E-state index contributed by atoms with van der Waals surface area (Å²) in [5.74, 6) is -0.452. The Morgan fingerprint density at radius 2 is 2.22 bits per heavy atom. The number of carbonyl (C=O) groups is 1. The highest BCUT2D eigenvalue weighted by atomic mass is 16.6. The first kappa shape index (κ1) is 12.5. The fourth-order valence-electron chi connectivity index (χ4n) is 1.53. The van der Waals surface area contributed by atoms with Gasteiger partial charge in [-0.2, -0.15) is 5.10 Å². The summed E-state index contributed by atoms with van der Waals surface area (Å²) >= 11 is 0. The maximum Gasteiger partial charge on any atom is 0.328 e. The van der Waals surface area contributed by atoms with Gasteiger partial charge in [-0.1, -0.05) is 0 Å². The normalized spacial score (nSPS) is 13.6. The van der Waals surface area contributed by atoms with Crippen LogP contribution in [0.3, 0.4) is 0 Å². The van der Waals surface area contributed by atoms with Crippen molar-refractivity contribution in [3.63, 3.8) is 0 Å². The SMILES string of the molecule is CC(C)(C)OC(=O)C(N)c1ccn2ncnc2c1. The van der Waals surface area contributed by atoms with Gasteiger partial charge < -0.3 is 10.5 Å². The molecule has 6 nitrogen and oxygen atoms in total. The maximum atomic E-state index is 11.8. The number of ether oxygens (including phenoxy) is 1. The molecule has 18 heavy (non-hydrogen) atoms. The van der Waals surface area contributed by atoms with Crippen LogP contribution in [0.5, 0.6) is 0 Å². The van der Waals surface area contributed by atoms with E-state index in [-0.39, 0.29) is 0 Å². The lowest BCUT2D eigenvalue weighted by Gasteiger charge is -2.22. The van der Waals surface area contributed by atoms with E-state index in [1.807, 2.05) is 0 Å². The Hall–Kier alpha value is -1.95. The Balaban J connectivity index is 2.22. The van der Waals surface area contributed by atoms with Gasteiger partial charge >= 0.3 is 5.97 Å². The number of esters is 1. The molecular weight excluding hydrogens is 232 g/mol. The number of aromatic nitrogens is 3. The van der Waals surface area contributed by atoms with E-state index >= 15 is 0 Å². The average Bonchev–Trinajstić information content (AvgIpc) is 2.72. The van der Waals surface area contributed by atoms with Gasteiger partial charge in [0.2, 0.25) is 0 Å². The Morgan fingerprint density at radius 1 is 1.50 bits per heavy atom. The molecule has 0 bridgehead atoms. The predicted octanol–water partition coefficient (Wildman–Crippen LogP) is 1.07. The summed E-state index contributed by atoms with van der Waals surface area (Å²) in [5, 5.41) is 3.97. The van der Waals surface area contributed by atoms with Crippen molar-refractivity contribution < 1.29 is 9.53 Å². The van der Waals surface area contributed by atoms with Gasteiger partial charge in [0.15, 0.2) is 5.65 Å². The van der Waals surface area contributed by atoms with Crippen LogP contribution in [0, 0.1) is 0 Å². The highest BCUT2D eigenvalue weighted by Crippen LogP contribution is 2.17. The highest BCUT2D eigenvalue weighted by Gasteiger charge is 2.23. The molecule has 96 valence electrons. The van der Waals surface area contributed by atoms with Gasteiger partial charge in [0.05, 0.1) is 0 Å². The zero-order valence-corrected chi connectivity index (χ0v) is 10.6. The van der Waals surface area contributed by atoms with E-state index in [9.17, 15) is 4.79 Å². The number of nitrogens with two attached hydrogens (primary N) is 1. The number of carbonyl (C=O) groups excluding carboxylic acids is 1. The second kappa shape index (κ2) is 4.38. The molecule has 1 unspecified atom stereocenters. The fraction of sp³-hybridized carbons (Fsp3) is 0.417. The Labute approximate surface area is 105 Å². The number of fused-ring (bicyclic) bond motifs is 1. The minimum Gasteiger partial charge on any atom is -0.459 e. The molecule has 0 amide bonds. The maximum absolute atomic E-state index is 11.8. The molecule has 0 spiro atoms. The summed E-state index contributed by atoms with van der Waals surface area (Å²) in [7, 11) is 0. The lowest BCUT2D eigenvalue weighted by molar-refractivity contribution is -0.156. The molecule has 0 aromatic carbocycles. The van der Waals surface area contributed by atoms with Crippen LogP contribution in [0.4, 0.5) is 0 Å². The van der Waals surface area contributed by atoms with Crippen molar-refractivity contribution in [1.82, 2.24) is 14.6 Å². The summed E-state index contributed by atoms with van der Waals surface area (Å²) in [6.45, 7) is 5.41. The van der Waals surface area contributed by atoms with Gasteiger partial charge in [0.1, 0.15) is 18.0 Å². The van der Waals surface area contributed by atoms with Crippen LogP contribution < -0.4 is 5.73 Å². The van der Waals surface area contributed by atoms with Crippen molar-refractivity contribution >= 4 is 11.6 Å². The van der Waals surface area contributed by atoms with Crippen molar-refractivity contribution in [1.29, 1.82) is 0 Å². The van der Waals surface area contributed by atoms with Gasteiger partial charge in [0.25, 0.3) is 0 Å². The van der Waals surface area contributed by atoms with E-state index < -0.39 is 17.6 Å². The van der Waals surface area contributed by atoms with Crippen LogP contribution in [0.2, 0.25) is 0 Å². The van der Waals surface area contributed by atoms with E-state index in [4.69, 9.17) is 10.5 Å². The van der Waals surface area contributed by atoms with E-state index in [1.165, 1.54) is 6.33 Å². The molecule has 0 radical (unpaired) electrons. The number of nitrogens with zero attached hydrogens (tertiary/aromatic N) is 3. The van der Waals surface area contributed by atoms with Gasteiger partial charge in [-0.25, -0.2) is 14.3 Å². The first-order valence-electron chi connectivity index (χ1n) is 5.64. The van der Waals surface area contributed by atoms with Crippen LogP contribution in [0.25, 0.3) is 5.65 Å². The van der Waals surface area contributed by atoms with Crippen molar-refractivity contribution in [2.75, 3.05) is 0 Å². The van der Waals surface area contributed by atoms with Crippen LogP contribution in [-0.4, -0.2) is 26.2 Å². The molecule has 0 saturated heterocycles. The number of hydrogen-bond donors (Lipinski definition) is 1. The third kappa shape index (κ3) is 2.65. The average molecular weight is 248 g/mol. The topological polar surface area (TPSA) is 82.5 Å². The molecule has 0 aliphatic carbocycles. The quantitative estimate of drug-likeness (QED) is 0.804. The van der Waals surface area contributed by atoms with E-state index in [0.29, 0.717) is 11.2 Å². The lowest BCUT2D eigenvalue weighted by Crippen LogP contribution is -2.31. The Morgan fingerprint density at radius 3 is 2.89 bits per heavy atom. The molecule has 2 aromatic rings. The molecular formula is C12H16N4O2. The van der Waals surface area contributed by atoms with Crippen LogP contribution in [0.15, 0.2) is 24.7 Å². The zero-order chi connectivity index (χ0) is 13.3. The third-order valence-corrected chi connectivity index (χ3v) is 2.32. The van der Waals surface area contributed by atoms with E-state index in [0.717, 1.165) is 0 Å². The molecule has 2 aromatic heterocycles. The molecule has 0 fully saturated rings. The number of pyridine rings is 1. The molecule has 2 heterocycles. The molecule has 2 N–H and O–H groups in total. The van der Waals surface area contributed by atoms with Crippen LogP contribution >= 0.6 is 0 Å².